The summed E-state index contributed by atoms with van der Waals surface area (Å²) in [4.78, 5) is 2.57. The Morgan fingerprint density at radius 2 is 2.15 bits per heavy atom. The first kappa shape index (κ1) is 9.94. The van der Waals surface area contributed by atoms with Crippen LogP contribution in [-0.2, 0) is 4.74 Å². The van der Waals surface area contributed by atoms with Crippen molar-refractivity contribution < 1.29 is 4.74 Å². The van der Waals surface area contributed by atoms with E-state index in [2.05, 4.69) is 27.8 Å². The molecule has 0 amide bonds. The number of morpholine rings is 1. The summed E-state index contributed by atoms with van der Waals surface area (Å²) < 4.78 is 5.78. The van der Waals surface area contributed by atoms with Gasteiger partial charge in [0, 0.05) is 25.0 Å². The van der Waals surface area contributed by atoms with Crippen LogP contribution >= 0.6 is 15.9 Å². The maximum Gasteiger partial charge on any atom is 0.0802 e. The molecule has 1 aliphatic heterocycles. The van der Waals surface area contributed by atoms with E-state index in [9.17, 15) is 0 Å². The molecule has 76 valence electrons. The highest BCUT2D eigenvalue weighted by atomic mass is 79.9. The molecule has 0 spiro atoms. The van der Waals surface area contributed by atoms with Crippen molar-refractivity contribution >= 4 is 15.9 Å². The zero-order valence-corrected chi connectivity index (χ0v) is 9.79. The lowest BCUT2D eigenvalue weighted by Gasteiger charge is -2.36. The lowest BCUT2D eigenvalue weighted by Crippen LogP contribution is -2.47. The van der Waals surface area contributed by atoms with Crippen LogP contribution in [0.4, 0.5) is 0 Å². The molecule has 0 aromatic carbocycles. The molecular weight excluding hydrogens is 230 g/mol. The predicted octanol–water partition coefficient (Wildman–Crippen LogP) is 1.88. The van der Waals surface area contributed by atoms with Crippen LogP contribution in [0.15, 0.2) is 0 Å². The fourth-order valence-electron chi connectivity index (χ4n) is 2.04. The fraction of sp³-hybridized carbons (Fsp3) is 1.00. The molecule has 2 atom stereocenters. The van der Waals surface area contributed by atoms with Gasteiger partial charge in [-0.3, -0.25) is 4.90 Å². The van der Waals surface area contributed by atoms with Crippen molar-refractivity contribution in [3.63, 3.8) is 0 Å². The highest BCUT2D eigenvalue weighted by Gasteiger charge is 2.29. The van der Waals surface area contributed by atoms with Gasteiger partial charge < -0.3 is 4.74 Å². The Morgan fingerprint density at radius 3 is 2.77 bits per heavy atom. The summed E-state index contributed by atoms with van der Waals surface area (Å²) >= 11 is 3.50. The number of hydrogen-bond donors (Lipinski definition) is 0. The molecule has 1 heterocycles. The second kappa shape index (κ2) is 4.28. The molecule has 1 aliphatic carbocycles. The molecule has 2 nitrogen and oxygen atoms in total. The first-order valence-electron chi connectivity index (χ1n) is 5.21. The Morgan fingerprint density at radius 1 is 1.38 bits per heavy atom. The maximum atomic E-state index is 5.78. The molecule has 2 fully saturated rings. The topological polar surface area (TPSA) is 12.5 Å². The Hall–Kier alpha value is 0.400. The fourth-order valence-corrected chi connectivity index (χ4v) is 2.40. The maximum absolute atomic E-state index is 5.78. The molecule has 1 saturated heterocycles. The Balaban J connectivity index is 1.80. The van der Waals surface area contributed by atoms with E-state index in [-0.39, 0.29) is 0 Å². The molecule has 2 aliphatic rings. The second-order valence-electron chi connectivity index (χ2n) is 4.38. The normalized spacial score (nSPS) is 36.5. The van der Waals surface area contributed by atoms with E-state index in [4.69, 9.17) is 4.74 Å². The summed E-state index contributed by atoms with van der Waals surface area (Å²) in [5.74, 6) is 1.00. The summed E-state index contributed by atoms with van der Waals surface area (Å²) in [5.41, 5.74) is 0. The predicted molar refractivity (Wildman–Crippen MR) is 57.3 cm³/mol. The Labute approximate surface area is 88.8 Å². The number of alkyl halides is 1. The van der Waals surface area contributed by atoms with Gasteiger partial charge in [-0.2, -0.15) is 0 Å². The van der Waals surface area contributed by atoms with Gasteiger partial charge in [0.2, 0.25) is 0 Å². The summed E-state index contributed by atoms with van der Waals surface area (Å²) in [6, 6.07) is 0. The van der Waals surface area contributed by atoms with Crippen molar-refractivity contribution in [1.29, 1.82) is 0 Å². The summed E-state index contributed by atoms with van der Waals surface area (Å²) in [6.45, 7) is 5.72. The zero-order valence-electron chi connectivity index (χ0n) is 8.21. The molecule has 2 unspecified atom stereocenters. The van der Waals surface area contributed by atoms with E-state index >= 15 is 0 Å². The molecule has 1 saturated carbocycles. The molecule has 2 rings (SSSR count). The van der Waals surface area contributed by atoms with Gasteiger partial charge in [0.25, 0.3) is 0 Å². The van der Waals surface area contributed by atoms with Crippen LogP contribution < -0.4 is 0 Å². The number of hydrogen-bond acceptors (Lipinski definition) is 2. The van der Waals surface area contributed by atoms with E-state index in [1.807, 2.05) is 0 Å². The van der Waals surface area contributed by atoms with Gasteiger partial charge >= 0.3 is 0 Å². The molecule has 0 radical (unpaired) electrons. The molecule has 3 heteroatoms. The largest absolute Gasteiger partial charge is 0.372 e. The monoisotopic (exact) mass is 247 g/mol. The minimum Gasteiger partial charge on any atom is -0.372 e. The van der Waals surface area contributed by atoms with Crippen LogP contribution in [0.2, 0.25) is 0 Å². The molecule has 0 N–H and O–H groups in total. The number of halogens is 1. The van der Waals surface area contributed by atoms with Crippen molar-refractivity contribution in [2.24, 2.45) is 5.92 Å². The summed E-state index contributed by atoms with van der Waals surface area (Å²) in [7, 11) is 0. The molecule has 0 aromatic rings. The van der Waals surface area contributed by atoms with Crippen molar-refractivity contribution in [2.45, 2.75) is 32.0 Å². The minimum atomic E-state index is 0.405. The zero-order chi connectivity index (χ0) is 9.26. The SMILES string of the molecule is CC1CN(CC2CC2)CC(CBr)O1. The third-order valence-electron chi connectivity index (χ3n) is 2.79. The van der Waals surface area contributed by atoms with E-state index in [1.165, 1.54) is 19.4 Å². The lowest BCUT2D eigenvalue weighted by molar-refractivity contribution is -0.0662. The van der Waals surface area contributed by atoms with Crippen molar-refractivity contribution in [3.8, 4) is 0 Å². The van der Waals surface area contributed by atoms with Gasteiger partial charge in [-0.05, 0) is 25.7 Å². The third kappa shape index (κ3) is 2.93. The van der Waals surface area contributed by atoms with Crippen molar-refractivity contribution in [3.05, 3.63) is 0 Å². The first-order chi connectivity index (χ1) is 6.28. The summed E-state index contributed by atoms with van der Waals surface area (Å²) in [6.07, 6.45) is 3.72. The van der Waals surface area contributed by atoms with Gasteiger partial charge in [-0.15, -0.1) is 0 Å². The molecule has 0 bridgehead atoms. The van der Waals surface area contributed by atoms with E-state index in [1.54, 1.807) is 0 Å². The lowest BCUT2D eigenvalue weighted by atomic mass is 10.2. The van der Waals surface area contributed by atoms with Crippen molar-refractivity contribution in [1.82, 2.24) is 4.90 Å². The smallest absolute Gasteiger partial charge is 0.0802 e. The summed E-state index contributed by atoms with van der Waals surface area (Å²) in [5, 5.41) is 0.971. The van der Waals surface area contributed by atoms with Crippen LogP contribution in [0, 0.1) is 5.92 Å². The van der Waals surface area contributed by atoms with Gasteiger partial charge in [0.15, 0.2) is 0 Å². The van der Waals surface area contributed by atoms with Crippen molar-refractivity contribution in [2.75, 3.05) is 25.0 Å². The standard InChI is InChI=1S/C10H18BrNO/c1-8-5-12(6-9-2-3-9)7-10(4-11)13-8/h8-10H,2-7H2,1H3. The van der Waals surface area contributed by atoms with Crippen LogP contribution in [-0.4, -0.2) is 42.1 Å². The van der Waals surface area contributed by atoms with E-state index in [0.29, 0.717) is 12.2 Å². The van der Waals surface area contributed by atoms with Crippen LogP contribution in [0.25, 0.3) is 0 Å². The van der Waals surface area contributed by atoms with E-state index < -0.39 is 0 Å². The number of ether oxygens (including phenoxy) is 1. The third-order valence-corrected chi connectivity index (χ3v) is 3.51. The molecule has 0 aromatic heterocycles. The van der Waals surface area contributed by atoms with Gasteiger partial charge in [0.05, 0.1) is 12.2 Å². The van der Waals surface area contributed by atoms with Crippen LogP contribution in [0.1, 0.15) is 19.8 Å². The first-order valence-corrected chi connectivity index (χ1v) is 6.34. The molecule has 13 heavy (non-hydrogen) atoms. The minimum absolute atomic E-state index is 0.405. The quantitative estimate of drug-likeness (QED) is 0.707. The van der Waals surface area contributed by atoms with Crippen LogP contribution in [0.5, 0.6) is 0 Å². The Kier molecular flexibility index (Phi) is 3.27. The number of rotatable bonds is 3. The van der Waals surface area contributed by atoms with Gasteiger partial charge in [-0.25, -0.2) is 0 Å². The second-order valence-corrected chi connectivity index (χ2v) is 5.03. The van der Waals surface area contributed by atoms with E-state index in [0.717, 1.165) is 24.3 Å². The average molecular weight is 248 g/mol. The highest BCUT2D eigenvalue weighted by Crippen LogP contribution is 2.30. The van der Waals surface area contributed by atoms with Crippen LogP contribution in [0.3, 0.4) is 0 Å². The molecular formula is C10H18BrNO. The number of nitrogens with zero attached hydrogens (tertiary/aromatic N) is 1. The van der Waals surface area contributed by atoms with Gasteiger partial charge in [0.1, 0.15) is 0 Å². The average Bonchev–Trinajstić information content (AvgIpc) is 2.87. The van der Waals surface area contributed by atoms with Gasteiger partial charge in [-0.1, -0.05) is 15.9 Å². The Bertz CT molecular complexity index is 170. The highest BCUT2D eigenvalue weighted by molar-refractivity contribution is 9.09.